The van der Waals surface area contributed by atoms with Gasteiger partial charge in [0, 0.05) is 6.04 Å². The molecule has 0 aliphatic carbocycles. The van der Waals surface area contributed by atoms with Crippen molar-refractivity contribution in [2.45, 2.75) is 26.0 Å². The molecule has 0 aromatic heterocycles. The van der Waals surface area contributed by atoms with Crippen molar-refractivity contribution in [3.8, 4) is 5.75 Å². The molecule has 0 saturated heterocycles. The van der Waals surface area contributed by atoms with Crippen LogP contribution in [0.3, 0.4) is 0 Å². The normalized spacial score (nSPS) is 11.9. The van der Waals surface area contributed by atoms with Gasteiger partial charge in [-0.1, -0.05) is 55.5 Å². The molecule has 2 aromatic carbocycles. The van der Waals surface area contributed by atoms with E-state index in [1.165, 1.54) is 11.1 Å². The van der Waals surface area contributed by atoms with E-state index in [0.29, 0.717) is 12.6 Å². The molecule has 0 saturated carbocycles. The van der Waals surface area contributed by atoms with E-state index in [1.54, 1.807) is 0 Å². The van der Waals surface area contributed by atoms with E-state index in [0.717, 1.165) is 18.7 Å². The number of nitrogens with one attached hydrogen (secondary N) is 1. The minimum Gasteiger partial charge on any atom is -0.489 e. The highest BCUT2D eigenvalue weighted by molar-refractivity contribution is 5.31. The van der Waals surface area contributed by atoms with Crippen LogP contribution in [0.4, 0.5) is 0 Å². The van der Waals surface area contributed by atoms with Crippen LogP contribution in [0.25, 0.3) is 0 Å². The number of rotatable bonds is 8. The summed E-state index contributed by atoms with van der Waals surface area (Å²) in [7, 11) is 0. The molecular formula is C19H23NO. The summed E-state index contributed by atoms with van der Waals surface area (Å²) in [6, 6.07) is 18.8. The Kier molecular flexibility index (Phi) is 6.04. The lowest BCUT2D eigenvalue weighted by Gasteiger charge is -2.17. The second-order valence-electron chi connectivity index (χ2n) is 4.98. The van der Waals surface area contributed by atoms with Gasteiger partial charge in [0.15, 0.2) is 0 Å². The third-order valence-corrected chi connectivity index (χ3v) is 3.36. The van der Waals surface area contributed by atoms with E-state index in [-0.39, 0.29) is 0 Å². The molecule has 0 radical (unpaired) electrons. The lowest BCUT2D eigenvalue weighted by Crippen LogP contribution is -2.20. The lowest BCUT2D eigenvalue weighted by atomic mass is 10.0. The van der Waals surface area contributed by atoms with Crippen LogP contribution in [0.15, 0.2) is 67.3 Å². The maximum absolute atomic E-state index is 5.89. The average molecular weight is 281 g/mol. The summed E-state index contributed by atoms with van der Waals surface area (Å²) in [5, 5.41) is 3.47. The van der Waals surface area contributed by atoms with Gasteiger partial charge in [0.05, 0.1) is 0 Å². The summed E-state index contributed by atoms with van der Waals surface area (Å²) in [5.41, 5.74) is 2.42. The Morgan fingerprint density at radius 1 is 1.14 bits per heavy atom. The molecule has 2 rings (SSSR count). The molecule has 21 heavy (non-hydrogen) atoms. The largest absolute Gasteiger partial charge is 0.489 e. The average Bonchev–Trinajstić information content (AvgIpc) is 2.54. The van der Waals surface area contributed by atoms with Crippen LogP contribution in [0, 0.1) is 0 Å². The van der Waals surface area contributed by atoms with Gasteiger partial charge in [-0.3, -0.25) is 0 Å². The Balaban J connectivity index is 2.04. The molecule has 0 fully saturated rings. The van der Waals surface area contributed by atoms with Crippen molar-refractivity contribution in [1.82, 2.24) is 5.32 Å². The van der Waals surface area contributed by atoms with Crippen molar-refractivity contribution >= 4 is 0 Å². The minimum atomic E-state index is 0.299. The molecule has 0 aliphatic heterocycles. The third kappa shape index (κ3) is 4.76. The molecule has 110 valence electrons. The van der Waals surface area contributed by atoms with Crippen LogP contribution in [-0.4, -0.2) is 6.54 Å². The predicted molar refractivity (Wildman–Crippen MR) is 88.4 cm³/mol. The van der Waals surface area contributed by atoms with Gasteiger partial charge in [-0.15, -0.1) is 6.58 Å². The van der Waals surface area contributed by atoms with Crippen molar-refractivity contribution in [3.05, 3.63) is 78.4 Å². The molecule has 0 amide bonds. The second kappa shape index (κ2) is 8.28. The fraction of sp³-hybridized carbons (Fsp3) is 0.263. The van der Waals surface area contributed by atoms with Gasteiger partial charge in [0.2, 0.25) is 0 Å². The Labute approximate surface area is 127 Å². The first-order chi connectivity index (χ1) is 10.3. The summed E-state index contributed by atoms with van der Waals surface area (Å²) < 4.78 is 5.89. The molecule has 0 heterocycles. The van der Waals surface area contributed by atoms with Crippen LogP contribution in [0.2, 0.25) is 0 Å². The Hall–Kier alpha value is -2.06. The maximum Gasteiger partial charge on any atom is 0.120 e. The van der Waals surface area contributed by atoms with Gasteiger partial charge in [0.1, 0.15) is 12.4 Å². The van der Waals surface area contributed by atoms with Gasteiger partial charge in [-0.2, -0.15) is 0 Å². The highest BCUT2D eigenvalue weighted by atomic mass is 16.5. The van der Waals surface area contributed by atoms with Crippen molar-refractivity contribution in [3.63, 3.8) is 0 Å². The minimum absolute atomic E-state index is 0.299. The van der Waals surface area contributed by atoms with E-state index in [1.807, 2.05) is 36.4 Å². The molecule has 2 heteroatoms. The van der Waals surface area contributed by atoms with Crippen molar-refractivity contribution in [2.24, 2.45) is 0 Å². The predicted octanol–water partition coefficient (Wildman–Crippen LogP) is 4.49. The zero-order valence-electron chi connectivity index (χ0n) is 12.6. The highest BCUT2D eigenvalue weighted by Crippen LogP contribution is 2.22. The van der Waals surface area contributed by atoms with Crippen molar-refractivity contribution in [1.29, 1.82) is 0 Å². The summed E-state index contributed by atoms with van der Waals surface area (Å²) in [6.07, 6.45) is 2.86. The maximum atomic E-state index is 5.89. The van der Waals surface area contributed by atoms with E-state index in [9.17, 15) is 0 Å². The first kappa shape index (κ1) is 15.3. The fourth-order valence-electron chi connectivity index (χ4n) is 2.31. The number of hydrogen-bond donors (Lipinski definition) is 1. The molecule has 1 atom stereocenters. The van der Waals surface area contributed by atoms with Gasteiger partial charge in [-0.25, -0.2) is 0 Å². The van der Waals surface area contributed by atoms with Gasteiger partial charge < -0.3 is 10.1 Å². The fourth-order valence-corrected chi connectivity index (χ4v) is 2.31. The SMILES string of the molecule is C=CCC(NCC)c1cccc(OCc2ccccc2)c1. The van der Waals surface area contributed by atoms with Crippen molar-refractivity contribution < 1.29 is 4.74 Å². The van der Waals surface area contributed by atoms with E-state index in [4.69, 9.17) is 4.74 Å². The van der Waals surface area contributed by atoms with Crippen LogP contribution in [0.5, 0.6) is 5.75 Å². The molecule has 1 unspecified atom stereocenters. The smallest absolute Gasteiger partial charge is 0.120 e. The van der Waals surface area contributed by atoms with Crippen LogP contribution >= 0.6 is 0 Å². The lowest BCUT2D eigenvalue weighted by molar-refractivity contribution is 0.305. The first-order valence-electron chi connectivity index (χ1n) is 7.44. The molecular weight excluding hydrogens is 258 g/mol. The monoisotopic (exact) mass is 281 g/mol. The number of hydrogen-bond acceptors (Lipinski definition) is 2. The molecule has 0 aliphatic rings. The van der Waals surface area contributed by atoms with E-state index >= 15 is 0 Å². The quantitative estimate of drug-likeness (QED) is 0.720. The summed E-state index contributed by atoms with van der Waals surface area (Å²) in [5.74, 6) is 0.906. The van der Waals surface area contributed by atoms with E-state index < -0.39 is 0 Å². The number of ether oxygens (including phenoxy) is 1. The zero-order chi connectivity index (χ0) is 14.9. The molecule has 0 spiro atoms. The number of benzene rings is 2. The van der Waals surface area contributed by atoms with Gasteiger partial charge in [-0.05, 0) is 36.2 Å². The standard InChI is InChI=1S/C19H23NO/c1-3-9-19(20-4-2)17-12-8-13-18(14-17)21-15-16-10-6-5-7-11-16/h3,5-8,10-14,19-20H,1,4,9,15H2,2H3. The molecule has 1 N–H and O–H groups in total. The van der Waals surface area contributed by atoms with E-state index in [2.05, 4.69) is 43.1 Å². The molecule has 0 bridgehead atoms. The topological polar surface area (TPSA) is 21.3 Å². The Morgan fingerprint density at radius 3 is 2.67 bits per heavy atom. The highest BCUT2D eigenvalue weighted by Gasteiger charge is 2.09. The molecule has 2 aromatic rings. The summed E-state index contributed by atoms with van der Waals surface area (Å²) >= 11 is 0. The third-order valence-electron chi connectivity index (χ3n) is 3.36. The summed E-state index contributed by atoms with van der Waals surface area (Å²) in [6.45, 7) is 7.49. The zero-order valence-corrected chi connectivity index (χ0v) is 12.6. The van der Waals surface area contributed by atoms with Crippen LogP contribution in [0.1, 0.15) is 30.5 Å². The Bertz CT molecular complexity index is 551. The molecule has 2 nitrogen and oxygen atoms in total. The van der Waals surface area contributed by atoms with Crippen molar-refractivity contribution in [2.75, 3.05) is 6.54 Å². The van der Waals surface area contributed by atoms with Gasteiger partial charge in [0.25, 0.3) is 0 Å². The first-order valence-corrected chi connectivity index (χ1v) is 7.44. The van der Waals surface area contributed by atoms with Gasteiger partial charge >= 0.3 is 0 Å². The Morgan fingerprint density at radius 2 is 1.95 bits per heavy atom. The van der Waals surface area contributed by atoms with Crippen LogP contribution < -0.4 is 10.1 Å². The second-order valence-corrected chi connectivity index (χ2v) is 4.98. The summed E-state index contributed by atoms with van der Waals surface area (Å²) in [4.78, 5) is 0. The van der Waals surface area contributed by atoms with Crippen LogP contribution in [-0.2, 0) is 6.61 Å².